The van der Waals surface area contributed by atoms with Crippen LogP contribution < -0.4 is 14.4 Å². The second-order valence-electron chi connectivity index (χ2n) is 6.51. The van der Waals surface area contributed by atoms with E-state index in [4.69, 9.17) is 14.5 Å². The van der Waals surface area contributed by atoms with Crippen molar-refractivity contribution in [1.29, 1.82) is 0 Å². The Hall–Kier alpha value is -2.76. The number of rotatable bonds is 2. The molecule has 0 saturated carbocycles. The van der Waals surface area contributed by atoms with Gasteiger partial charge in [-0.05, 0) is 37.1 Å². The summed E-state index contributed by atoms with van der Waals surface area (Å²) in [4.78, 5) is 6.97. The number of benzene rings is 1. The number of hydrogen-bond donors (Lipinski definition) is 0. The highest BCUT2D eigenvalue weighted by Crippen LogP contribution is 2.35. The molecule has 0 unspecified atom stereocenters. The second-order valence-corrected chi connectivity index (χ2v) is 6.51. The lowest BCUT2D eigenvalue weighted by atomic mass is 10.1. The topological polar surface area (TPSA) is 39.0 Å². The van der Waals surface area contributed by atoms with Gasteiger partial charge in [0.15, 0.2) is 11.5 Å². The standard InChI is InChI=1S/C19H18FN3O2/c20-14-3-6-22(7-4-14)15-5-8-23-11-16(21-19(23)10-15)13-1-2-17-18(9-13)25-12-24-17/h1-2,5,8-11,14H,3-4,6-7,12H2. The SMILES string of the molecule is FC1CCN(c2ccn3cc(-c4ccc5c(c4)OCO5)nc3c2)CC1. The fraction of sp³-hybridized carbons (Fsp3) is 0.316. The van der Waals surface area contributed by atoms with Crippen molar-refractivity contribution >= 4 is 11.3 Å². The third-order valence-electron chi connectivity index (χ3n) is 4.90. The van der Waals surface area contributed by atoms with E-state index in [1.54, 1.807) is 0 Å². The average molecular weight is 339 g/mol. The molecule has 0 bridgehead atoms. The number of imidazole rings is 1. The maximum Gasteiger partial charge on any atom is 0.231 e. The Morgan fingerprint density at radius 1 is 1.04 bits per heavy atom. The highest BCUT2D eigenvalue weighted by molar-refractivity contribution is 5.68. The molecule has 2 aliphatic heterocycles. The summed E-state index contributed by atoms with van der Waals surface area (Å²) >= 11 is 0. The number of alkyl halides is 1. The molecule has 0 spiro atoms. The summed E-state index contributed by atoms with van der Waals surface area (Å²) in [6, 6.07) is 9.99. The first kappa shape index (κ1) is 14.6. The van der Waals surface area contributed by atoms with Gasteiger partial charge in [-0.15, -0.1) is 0 Å². The van der Waals surface area contributed by atoms with Gasteiger partial charge in [0.1, 0.15) is 11.8 Å². The molecule has 0 aliphatic carbocycles. The van der Waals surface area contributed by atoms with E-state index in [1.165, 1.54) is 0 Å². The smallest absolute Gasteiger partial charge is 0.231 e. The van der Waals surface area contributed by atoms with Crippen LogP contribution in [-0.4, -0.2) is 35.4 Å². The van der Waals surface area contributed by atoms with Crippen LogP contribution in [0.4, 0.5) is 10.1 Å². The number of halogens is 1. The molecule has 6 heteroatoms. The van der Waals surface area contributed by atoms with Gasteiger partial charge in [0, 0.05) is 42.8 Å². The Morgan fingerprint density at radius 2 is 1.88 bits per heavy atom. The van der Waals surface area contributed by atoms with Gasteiger partial charge >= 0.3 is 0 Å². The lowest BCUT2D eigenvalue weighted by molar-refractivity contribution is 0.174. The Morgan fingerprint density at radius 3 is 2.76 bits per heavy atom. The van der Waals surface area contributed by atoms with Crippen LogP contribution in [0.3, 0.4) is 0 Å². The molecular formula is C19H18FN3O2. The van der Waals surface area contributed by atoms with Crippen molar-refractivity contribution in [3.05, 3.63) is 42.7 Å². The summed E-state index contributed by atoms with van der Waals surface area (Å²) in [6.07, 6.45) is 4.55. The van der Waals surface area contributed by atoms with E-state index >= 15 is 0 Å². The molecule has 5 nitrogen and oxygen atoms in total. The quantitative estimate of drug-likeness (QED) is 0.714. The summed E-state index contributed by atoms with van der Waals surface area (Å²) < 4.78 is 26.2. The number of aromatic nitrogens is 2. The highest BCUT2D eigenvalue weighted by atomic mass is 19.1. The monoisotopic (exact) mass is 339 g/mol. The molecule has 1 saturated heterocycles. The first-order valence-electron chi connectivity index (χ1n) is 8.54. The molecule has 5 rings (SSSR count). The summed E-state index contributed by atoms with van der Waals surface area (Å²) in [6.45, 7) is 1.78. The summed E-state index contributed by atoms with van der Waals surface area (Å²) in [7, 11) is 0. The third-order valence-corrected chi connectivity index (χ3v) is 4.90. The molecule has 1 aromatic carbocycles. The van der Waals surface area contributed by atoms with Crippen molar-refractivity contribution in [3.8, 4) is 22.8 Å². The van der Waals surface area contributed by atoms with Crippen LogP contribution in [0.25, 0.3) is 16.9 Å². The number of ether oxygens (including phenoxy) is 2. The summed E-state index contributed by atoms with van der Waals surface area (Å²) in [5, 5.41) is 0. The van der Waals surface area contributed by atoms with E-state index in [2.05, 4.69) is 17.0 Å². The number of anilines is 1. The van der Waals surface area contributed by atoms with Crippen molar-refractivity contribution in [3.63, 3.8) is 0 Å². The van der Waals surface area contributed by atoms with E-state index in [1.807, 2.05) is 35.0 Å². The van der Waals surface area contributed by atoms with E-state index in [0.29, 0.717) is 12.8 Å². The molecule has 4 heterocycles. The van der Waals surface area contributed by atoms with Crippen LogP contribution in [0.15, 0.2) is 42.7 Å². The molecule has 3 aromatic rings. The molecule has 0 radical (unpaired) electrons. The lowest BCUT2D eigenvalue weighted by Gasteiger charge is -2.30. The summed E-state index contributed by atoms with van der Waals surface area (Å²) in [5.41, 5.74) is 3.86. The van der Waals surface area contributed by atoms with E-state index in [-0.39, 0.29) is 6.79 Å². The van der Waals surface area contributed by atoms with Gasteiger partial charge in [-0.2, -0.15) is 0 Å². The number of fused-ring (bicyclic) bond motifs is 2. The third kappa shape index (κ3) is 2.58. The van der Waals surface area contributed by atoms with E-state index in [0.717, 1.165) is 47.2 Å². The minimum absolute atomic E-state index is 0.267. The number of pyridine rings is 1. The minimum atomic E-state index is -0.663. The Bertz CT molecular complexity index is 932. The van der Waals surface area contributed by atoms with Crippen molar-refractivity contribution in [2.75, 3.05) is 24.8 Å². The van der Waals surface area contributed by atoms with Crippen LogP contribution in [0.5, 0.6) is 11.5 Å². The zero-order valence-electron chi connectivity index (χ0n) is 13.7. The first-order chi connectivity index (χ1) is 12.3. The highest BCUT2D eigenvalue weighted by Gasteiger charge is 2.19. The van der Waals surface area contributed by atoms with Gasteiger partial charge < -0.3 is 18.8 Å². The molecular weight excluding hydrogens is 321 g/mol. The second kappa shape index (κ2) is 5.65. The average Bonchev–Trinajstić information content (AvgIpc) is 3.27. The predicted molar refractivity (Wildman–Crippen MR) is 93.1 cm³/mol. The Kier molecular flexibility index (Phi) is 3.29. The molecule has 1 fully saturated rings. The molecule has 0 amide bonds. The van der Waals surface area contributed by atoms with Crippen LogP contribution in [0.1, 0.15) is 12.8 Å². The summed E-state index contributed by atoms with van der Waals surface area (Å²) in [5.74, 6) is 1.52. The Labute approximate surface area is 144 Å². The van der Waals surface area contributed by atoms with Crippen LogP contribution in [-0.2, 0) is 0 Å². The molecule has 2 aromatic heterocycles. The van der Waals surface area contributed by atoms with Gasteiger partial charge in [0.25, 0.3) is 0 Å². The Balaban J connectivity index is 1.47. The van der Waals surface area contributed by atoms with Crippen molar-refractivity contribution < 1.29 is 13.9 Å². The van der Waals surface area contributed by atoms with Gasteiger partial charge in [-0.1, -0.05) is 0 Å². The van der Waals surface area contributed by atoms with E-state index in [9.17, 15) is 4.39 Å². The zero-order chi connectivity index (χ0) is 16.8. The van der Waals surface area contributed by atoms with Gasteiger partial charge in [-0.3, -0.25) is 0 Å². The van der Waals surface area contributed by atoms with Crippen molar-refractivity contribution in [2.24, 2.45) is 0 Å². The van der Waals surface area contributed by atoms with Crippen molar-refractivity contribution in [1.82, 2.24) is 9.38 Å². The van der Waals surface area contributed by atoms with Crippen LogP contribution >= 0.6 is 0 Å². The number of hydrogen-bond acceptors (Lipinski definition) is 4. The first-order valence-corrected chi connectivity index (χ1v) is 8.54. The molecule has 128 valence electrons. The zero-order valence-corrected chi connectivity index (χ0v) is 13.7. The maximum absolute atomic E-state index is 13.3. The molecule has 0 N–H and O–H groups in total. The molecule has 2 aliphatic rings. The number of piperidine rings is 1. The normalized spacial score (nSPS) is 17.4. The van der Waals surface area contributed by atoms with Gasteiger partial charge in [-0.25, -0.2) is 9.37 Å². The van der Waals surface area contributed by atoms with Gasteiger partial charge in [0.2, 0.25) is 6.79 Å². The number of nitrogens with zero attached hydrogens (tertiary/aromatic N) is 3. The molecule has 25 heavy (non-hydrogen) atoms. The fourth-order valence-corrected chi connectivity index (χ4v) is 3.47. The minimum Gasteiger partial charge on any atom is -0.454 e. The lowest BCUT2D eigenvalue weighted by Crippen LogP contribution is -2.34. The molecule has 0 atom stereocenters. The van der Waals surface area contributed by atoms with Gasteiger partial charge in [0.05, 0.1) is 5.69 Å². The fourth-order valence-electron chi connectivity index (χ4n) is 3.47. The van der Waals surface area contributed by atoms with Crippen LogP contribution in [0, 0.1) is 0 Å². The van der Waals surface area contributed by atoms with Crippen molar-refractivity contribution in [2.45, 2.75) is 19.0 Å². The maximum atomic E-state index is 13.3. The largest absolute Gasteiger partial charge is 0.454 e. The van der Waals surface area contributed by atoms with Crippen LogP contribution in [0.2, 0.25) is 0 Å². The predicted octanol–water partition coefficient (Wildman–Crippen LogP) is 3.67. The van der Waals surface area contributed by atoms with E-state index < -0.39 is 6.17 Å².